The molecule has 0 amide bonds. The van der Waals surface area contributed by atoms with Gasteiger partial charge in [0.1, 0.15) is 17.3 Å². The number of nitrogens with one attached hydrogen (secondary N) is 3. The van der Waals surface area contributed by atoms with Crippen LogP contribution >= 0.6 is 0 Å². The minimum atomic E-state index is -4.71. The van der Waals surface area contributed by atoms with Crippen molar-refractivity contribution in [2.24, 2.45) is 0 Å². The van der Waals surface area contributed by atoms with E-state index in [4.69, 9.17) is 9.47 Å². The number of benzene rings is 3. The van der Waals surface area contributed by atoms with E-state index in [1.807, 2.05) is 0 Å². The molecule has 0 aliphatic heterocycles. The molecule has 4 rings (SSSR count). The number of halogens is 3. The number of nitrogens with zero attached hydrogens (tertiary/aromatic N) is 2. The molecule has 0 fully saturated rings. The molecule has 0 atom stereocenters. The maximum absolute atomic E-state index is 13.5. The summed E-state index contributed by atoms with van der Waals surface area (Å²) in [6.45, 7) is 0. The third-order valence-corrected chi connectivity index (χ3v) is 6.54. The molecule has 0 bridgehead atoms. The Labute approximate surface area is 216 Å². The molecule has 1 aromatic heterocycles. The third-order valence-electron chi connectivity index (χ3n) is 5.14. The first-order valence-electron chi connectivity index (χ1n) is 11.0. The highest BCUT2D eigenvalue weighted by Crippen LogP contribution is 2.31. The first kappa shape index (κ1) is 26.5. The second-order valence-electron chi connectivity index (χ2n) is 7.80. The molecule has 38 heavy (non-hydrogen) atoms. The molecular weight excluding hydrogens is 523 g/mol. The molecule has 13 heteroatoms. The monoisotopic (exact) mass is 545 g/mol. The Morgan fingerprint density at radius 3 is 1.76 bits per heavy atom. The van der Waals surface area contributed by atoms with Crippen LogP contribution in [0.2, 0.25) is 0 Å². The predicted molar refractivity (Wildman–Crippen MR) is 137 cm³/mol. The van der Waals surface area contributed by atoms with E-state index in [9.17, 15) is 21.6 Å². The summed E-state index contributed by atoms with van der Waals surface area (Å²) in [5.41, 5.74) is -0.0581. The second kappa shape index (κ2) is 10.8. The standard InChI is InChI=1S/C25H22F3N5O4S/c1-36-19-9-7-16(8-10-19)29-23-15-22(25(26,27)28)31-24(32-23)30-17-3-5-18(6-4-17)33-38(34,35)21-13-11-20(37-2)12-14-21/h3-15,33H,1-2H3,(H2,29,30,31,32). The summed E-state index contributed by atoms with van der Waals surface area (Å²) in [7, 11) is -0.889. The van der Waals surface area contributed by atoms with Gasteiger partial charge in [0.25, 0.3) is 10.0 Å². The number of aromatic nitrogens is 2. The van der Waals surface area contributed by atoms with Crippen molar-refractivity contribution < 1.29 is 31.1 Å². The molecule has 0 aliphatic carbocycles. The largest absolute Gasteiger partial charge is 0.497 e. The topological polar surface area (TPSA) is 114 Å². The minimum absolute atomic E-state index is 0.0368. The van der Waals surface area contributed by atoms with Crippen molar-refractivity contribution >= 4 is 38.9 Å². The number of alkyl halides is 3. The SMILES string of the molecule is COc1ccc(Nc2cc(C(F)(F)F)nc(Nc3ccc(NS(=O)(=O)c4ccc(OC)cc4)cc3)n2)cc1. The Morgan fingerprint density at radius 2 is 1.21 bits per heavy atom. The van der Waals surface area contributed by atoms with Crippen molar-refractivity contribution in [3.8, 4) is 11.5 Å². The smallest absolute Gasteiger partial charge is 0.433 e. The van der Waals surface area contributed by atoms with Crippen molar-refractivity contribution in [2.75, 3.05) is 29.6 Å². The lowest BCUT2D eigenvalue weighted by atomic mass is 10.3. The number of ether oxygens (including phenoxy) is 2. The highest BCUT2D eigenvalue weighted by molar-refractivity contribution is 7.92. The number of sulfonamides is 1. The van der Waals surface area contributed by atoms with Crippen LogP contribution in [0.4, 0.5) is 42.0 Å². The van der Waals surface area contributed by atoms with Crippen molar-refractivity contribution in [1.82, 2.24) is 9.97 Å². The summed E-state index contributed by atoms with van der Waals surface area (Å²) >= 11 is 0. The summed E-state index contributed by atoms with van der Waals surface area (Å²) in [5.74, 6) is 0.719. The van der Waals surface area contributed by atoms with E-state index < -0.39 is 21.9 Å². The molecule has 0 saturated heterocycles. The van der Waals surface area contributed by atoms with Gasteiger partial charge in [-0.1, -0.05) is 0 Å². The minimum Gasteiger partial charge on any atom is -0.497 e. The van der Waals surface area contributed by atoms with Crippen molar-refractivity contribution in [1.29, 1.82) is 0 Å². The number of methoxy groups -OCH3 is 2. The van der Waals surface area contributed by atoms with Crippen LogP contribution in [0.5, 0.6) is 11.5 Å². The zero-order chi connectivity index (χ0) is 27.3. The number of hydrogen-bond donors (Lipinski definition) is 3. The molecule has 198 valence electrons. The van der Waals surface area contributed by atoms with Gasteiger partial charge < -0.3 is 20.1 Å². The van der Waals surface area contributed by atoms with E-state index in [1.54, 1.807) is 24.3 Å². The lowest BCUT2D eigenvalue weighted by Gasteiger charge is -2.13. The van der Waals surface area contributed by atoms with Crippen LogP contribution in [0.25, 0.3) is 0 Å². The molecule has 1 heterocycles. The van der Waals surface area contributed by atoms with Crippen LogP contribution in [0.1, 0.15) is 5.69 Å². The quantitative estimate of drug-likeness (QED) is 0.242. The Morgan fingerprint density at radius 1 is 0.711 bits per heavy atom. The first-order valence-corrected chi connectivity index (χ1v) is 12.5. The van der Waals surface area contributed by atoms with Crippen LogP contribution < -0.4 is 24.8 Å². The van der Waals surface area contributed by atoms with Gasteiger partial charge in [-0.3, -0.25) is 4.72 Å². The van der Waals surface area contributed by atoms with E-state index >= 15 is 0 Å². The van der Waals surface area contributed by atoms with Crippen LogP contribution in [-0.2, 0) is 16.2 Å². The number of rotatable bonds is 9. The molecule has 0 saturated carbocycles. The normalized spacial score (nSPS) is 11.5. The molecule has 0 spiro atoms. The first-order chi connectivity index (χ1) is 18.1. The maximum atomic E-state index is 13.5. The van der Waals surface area contributed by atoms with Crippen molar-refractivity contribution in [2.45, 2.75) is 11.1 Å². The number of anilines is 5. The molecule has 0 radical (unpaired) electrons. The highest BCUT2D eigenvalue weighted by atomic mass is 32.2. The predicted octanol–water partition coefficient (Wildman–Crippen LogP) is 5.80. The van der Waals surface area contributed by atoms with Crippen LogP contribution in [0, 0.1) is 0 Å². The van der Waals surface area contributed by atoms with E-state index in [0.29, 0.717) is 22.9 Å². The van der Waals surface area contributed by atoms with Gasteiger partial charge in [0, 0.05) is 23.1 Å². The third kappa shape index (κ3) is 6.62. The average molecular weight is 546 g/mol. The molecule has 3 N–H and O–H groups in total. The van der Waals surface area contributed by atoms with Gasteiger partial charge in [0.15, 0.2) is 5.69 Å². The van der Waals surface area contributed by atoms with E-state index in [-0.39, 0.29) is 22.3 Å². The highest BCUT2D eigenvalue weighted by Gasteiger charge is 2.34. The van der Waals surface area contributed by atoms with Gasteiger partial charge in [0.05, 0.1) is 19.1 Å². The molecule has 4 aromatic rings. The molecule has 0 aliphatic rings. The maximum Gasteiger partial charge on any atom is 0.433 e. The van der Waals surface area contributed by atoms with E-state index in [0.717, 1.165) is 6.07 Å². The lowest BCUT2D eigenvalue weighted by molar-refractivity contribution is -0.141. The van der Waals surface area contributed by atoms with Gasteiger partial charge in [-0.25, -0.2) is 13.4 Å². The number of hydrogen-bond acceptors (Lipinski definition) is 8. The van der Waals surface area contributed by atoms with Crippen molar-refractivity contribution in [3.05, 3.63) is 84.6 Å². The fourth-order valence-electron chi connectivity index (χ4n) is 3.25. The Bertz CT molecular complexity index is 1500. The summed E-state index contributed by atoms with van der Waals surface area (Å²) in [5, 5.41) is 5.54. The molecule has 0 unspecified atom stereocenters. The lowest BCUT2D eigenvalue weighted by Crippen LogP contribution is -2.13. The van der Waals surface area contributed by atoms with Gasteiger partial charge in [-0.05, 0) is 72.8 Å². The summed E-state index contributed by atoms with van der Waals surface area (Å²) in [6, 6.07) is 19.1. The fourth-order valence-corrected chi connectivity index (χ4v) is 4.31. The Hall–Kier alpha value is -4.52. The van der Waals surface area contributed by atoms with E-state index in [2.05, 4.69) is 25.3 Å². The van der Waals surface area contributed by atoms with Gasteiger partial charge in [0.2, 0.25) is 5.95 Å². The zero-order valence-corrected chi connectivity index (χ0v) is 20.9. The van der Waals surface area contributed by atoms with Gasteiger partial charge in [-0.2, -0.15) is 18.2 Å². The van der Waals surface area contributed by atoms with Crippen LogP contribution in [0.15, 0.2) is 83.8 Å². The van der Waals surface area contributed by atoms with Gasteiger partial charge >= 0.3 is 6.18 Å². The van der Waals surface area contributed by atoms with Crippen LogP contribution in [-0.4, -0.2) is 32.6 Å². The van der Waals surface area contributed by atoms with Crippen LogP contribution in [0.3, 0.4) is 0 Å². The Kier molecular flexibility index (Phi) is 7.57. The summed E-state index contributed by atoms with van der Waals surface area (Å²) < 4.78 is 78.2. The molecule has 9 nitrogen and oxygen atoms in total. The zero-order valence-electron chi connectivity index (χ0n) is 20.1. The molecule has 3 aromatic carbocycles. The Balaban J connectivity index is 1.52. The average Bonchev–Trinajstić information content (AvgIpc) is 2.89. The molecular formula is C25H22F3N5O4S. The van der Waals surface area contributed by atoms with E-state index in [1.165, 1.54) is 62.8 Å². The second-order valence-corrected chi connectivity index (χ2v) is 9.48. The fraction of sp³-hybridized carbons (Fsp3) is 0.120. The summed E-state index contributed by atoms with van der Waals surface area (Å²) in [4.78, 5) is 7.74. The van der Waals surface area contributed by atoms with Gasteiger partial charge in [-0.15, -0.1) is 0 Å². The van der Waals surface area contributed by atoms with Crippen molar-refractivity contribution in [3.63, 3.8) is 0 Å². The summed E-state index contributed by atoms with van der Waals surface area (Å²) in [6.07, 6.45) is -4.71.